The number of carbonyl (C=O) groups excluding carboxylic acids is 1. The molecule has 0 radical (unpaired) electrons. The van der Waals surface area contributed by atoms with Crippen LogP contribution in [0.3, 0.4) is 0 Å². The summed E-state index contributed by atoms with van der Waals surface area (Å²) in [5.41, 5.74) is 8.16. The molecule has 0 spiro atoms. The third-order valence-electron chi connectivity index (χ3n) is 3.43. The second-order valence-corrected chi connectivity index (χ2v) is 5.10. The Morgan fingerprint density at radius 2 is 2.10 bits per heavy atom. The Hall–Kier alpha value is -2.07. The minimum atomic E-state index is -0.678. The molecule has 0 aliphatic carbocycles. The maximum absolute atomic E-state index is 13.9. The molecule has 0 fully saturated rings. The van der Waals surface area contributed by atoms with Gasteiger partial charge in [0.25, 0.3) is 5.91 Å². The quantitative estimate of drug-likeness (QED) is 0.819. The van der Waals surface area contributed by atoms with Crippen molar-refractivity contribution in [3.8, 4) is 0 Å². The first kappa shape index (κ1) is 12.9. The first-order valence-electron chi connectivity index (χ1n) is 6.22. The lowest BCUT2D eigenvalue weighted by Gasteiger charge is -2.18. The van der Waals surface area contributed by atoms with Crippen LogP contribution in [0.2, 0.25) is 5.02 Å². The summed E-state index contributed by atoms with van der Waals surface area (Å²) in [6.45, 7) is 0.517. The zero-order chi connectivity index (χ0) is 14.3. The molecule has 1 amide bonds. The molecule has 0 aromatic heterocycles. The SMILES string of the molecule is Nc1ccc2c(c1)CCN2C(=O)c1cccc(Cl)c1F. The highest BCUT2D eigenvalue weighted by Gasteiger charge is 2.27. The lowest BCUT2D eigenvalue weighted by Crippen LogP contribution is -2.29. The van der Waals surface area contributed by atoms with E-state index in [-0.39, 0.29) is 16.5 Å². The summed E-state index contributed by atoms with van der Waals surface area (Å²) in [4.78, 5) is 14.0. The van der Waals surface area contributed by atoms with Crippen LogP contribution in [-0.2, 0) is 6.42 Å². The number of nitrogen functional groups attached to an aromatic ring is 1. The van der Waals surface area contributed by atoms with Gasteiger partial charge in [-0.3, -0.25) is 4.79 Å². The second-order valence-electron chi connectivity index (χ2n) is 4.70. The average Bonchev–Trinajstić information content (AvgIpc) is 2.84. The Morgan fingerprint density at radius 3 is 2.90 bits per heavy atom. The minimum absolute atomic E-state index is 0.0119. The van der Waals surface area contributed by atoms with E-state index in [1.54, 1.807) is 23.1 Å². The van der Waals surface area contributed by atoms with Gasteiger partial charge in [-0.2, -0.15) is 0 Å². The number of hydrogen-bond acceptors (Lipinski definition) is 2. The van der Waals surface area contributed by atoms with Crippen LogP contribution in [0.5, 0.6) is 0 Å². The molecule has 2 aromatic rings. The van der Waals surface area contributed by atoms with E-state index in [9.17, 15) is 9.18 Å². The summed E-state index contributed by atoms with van der Waals surface area (Å²) in [5.74, 6) is -1.06. The van der Waals surface area contributed by atoms with Crippen molar-refractivity contribution < 1.29 is 9.18 Å². The standard InChI is InChI=1S/C15H12ClFN2O/c16-12-3-1-2-11(14(12)17)15(20)19-7-6-9-8-10(18)4-5-13(9)19/h1-5,8H,6-7,18H2. The smallest absolute Gasteiger partial charge is 0.261 e. The molecule has 5 heteroatoms. The minimum Gasteiger partial charge on any atom is -0.399 e. The Bertz CT molecular complexity index is 702. The lowest BCUT2D eigenvalue weighted by molar-refractivity contribution is 0.0985. The molecule has 102 valence electrons. The Balaban J connectivity index is 2.00. The normalized spacial score (nSPS) is 13.4. The molecular formula is C15H12ClFN2O. The number of fused-ring (bicyclic) bond motifs is 1. The van der Waals surface area contributed by atoms with Gasteiger partial charge in [-0.25, -0.2) is 4.39 Å². The number of amides is 1. The van der Waals surface area contributed by atoms with Crippen LogP contribution < -0.4 is 10.6 Å². The summed E-state index contributed by atoms with van der Waals surface area (Å²) in [6, 6.07) is 9.80. The molecule has 20 heavy (non-hydrogen) atoms. The number of halogens is 2. The molecule has 0 unspecified atom stereocenters. The Labute approximate surface area is 120 Å². The molecule has 0 bridgehead atoms. The largest absolute Gasteiger partial charge is 0.399 e. The van der Waals surface area contributed by atoms with Crippen molar-refractivity contribution in [2.24, 2.45) is 0 Å². The van der Waals surface area contributed by atoms with Crippen LogP contribution >= 0.6 is 11.6 Å². The number of benzene rings is 2. The molecule has 1 aliphatic rings. The van der Waals surface area contributed by atoms with Gasteiger partial charge in [0, 0.05) is 17.9 Å². The van der Waals surface area contributed by atoms with Crippen LogP contribution in [0.4, 0.5) is 15.8 Å². The number of hydrogen-bond donors (Lipinski definition) is 1. The number of carbonyl (C=O) groups is 1. The fourth-order valence-electron chi connectivity index (χ4n) is 2.45. The second kappa shape index (κ2) is 4.80. The predicted octanol–water partition coefficient (Wildman–Crippen LogP) is 3.26. The predicted molar refractivity (Wildman–Crippen MR) is 77.6 cm³/mol. The van der Waals surface area contributed by atoms with Crippen LogP contribution in [0, 0.1) is 5.82 Å². The van der Waals surface area contributed by atoms with Crippen LogP contribution in [0.1, 0.15) is 15.9 Å². The van der Waals surface area contributed by atoms with Gasteiger partial charge in [-0.05, 0) is 42.3 Å². The molecular weight excluding hydrogens is 279 g/mol. The van der Waals surface area contributed by atoms with Gasteiger partial charge in [0.05, 0.1) is 10.6 Å². The van der Waals surface area contributed by atoms with Gasteiger partial charge in [0.1, 0.15) is 0 Å². The van der Waals surface area contributed by atoms with Crippen LogP contribution in [0.25, 0.3) is 0 Å². The number of rotatable bonds is 1. The van der Waals surface area contributed by atoms with E-state index in [2.05, 4.69) is 0 Å². The summed E-state index contributed by atoms with van der Waals surface area (Å²) in [7, 11) is 0. The summed E-state index contributed by atoms with van der Waals surface area (Å²) in [6.07, 6.45) is 0.717. The van der Waals surface area contributed by atoms with Crippen molar-refractivity contribution in [3.63, 3.8) is 0 Å². The highest BCUT2D eigenvalue weighted by Crippen LogP contribution is 2.31. The first-order valence-corrected chi connectivity index (χ1v) is 6.60. The van der Waals surface area contributed by atoms with E-state index < -0.39 is 5.82 Å². The maximum atomic E-state index is 13.9. The van der Waals surface area contributed by atoms with E-state index in [0.717, 1.165) is 11.3 Å². The third-order valence-corrected chi connectivity index (χ3v) is 3.72. The highest BCUT2D eigenvalue weighted by atomic mass is 35.5. The first-order chi connectivity index (χ1) is 9.58. The zero-order valence-electron chi connectivity index (χ0n) is 10.6. The third kappa shape index (κ3) is 2.02. The fraction of sp³-hybridized carbons (Fsp3) is 0.133. The van der Waals surface area contributed by atoms with Crippen molar-refractivity contribution in [3.05, 3.63) is 58.4 Å². The molecule has 0 atom stereocenters. The Morgan fingerprint density at radius 1 is 1.30 bits per heavy atom. The number of nitrogens with two attached hydrogens (primary N) is 1. The van der Waals surface area contributed by atoms with Crippen molar-refractivity contribution in [2.45, 2.75) is 6.42 Å². The topological polar surface area (TPSA) is 46.3 Å². The van der Waals surface area contributed by atoms with E-state index in [1.807, 2.05) is 6.07 Å². The Kier molecular flexibility index (Phi) is 3.10. The zero-order valence-corrected chi connectivity index (χ0v) is 11.3. The molecule has 0 saturated carbocycles. The summed E-state index contributed by atoms with van der Waals surface area (Å²) >= 11 is 5.72. The van der Waals surface area contributed by atoms with Gasteiger partial charge < -0.3 is 10.6 Å². The van der Waals surface area contributed by atoms with Gasteiger partial charge >= 0.3 is 0 Å². The molecule has 3 rings (SSSR count). The van der Waals surface area contributed by atoms with Crippen molar-refractivity contribution in [1.82, 2.24) is 0 Å². The molecule has 2 aromatic carbocycles. The van der Waals surface area contributed by atoms with E-state index in [4.69, 9.17) is 17.3 Å². The maximum Gasteiger partial charge on any atom is 0.261 e. The fourth-order valence-corrected chi connectivity index (χ4v) is 2.62. The van der Waals surface area contributed by atoms with E-state index in [1.165, 1.54) is 12.1 Å². The monoisotopic (exact) mass is 290 g/mol. The number of anilines is 2. The summed E-state index contributed by atoms with van der Waals surface area (Å²) in [5, 5.41) is -0.0485. The lowest BCUT2D eigenvalue weighted by atomic mass is 10.1. The molecule has 3 nitrogen and oxygen atoms in total. The molecule has 2 N–H and O–H groups in total. The molecule has 1 aliphatic heterocycles. The van der Waals surface area contributed by atoms with Crippen molar-refractivity contribution in [1.29, 1.82) is 0 Å². The van der Waals surface area contributed by atoms with Gasteiger partial charge in [0.15, 0.2) is 5.82 Å². The van der Waals surface area contributed by atoms with Crippen molar-refractivity contribution in [2.75, 3.05) is 17.2 Å². The molecule has 1 heterocycles. The van der Waals surface area contributed by atoms with E-state index in [0.29, 0.717) is 18.7 Å². The van der Waals surface area contributed by atoms with Gasteiger partial charge in [0.2, 0.25) is 0 Å². The van der Waals surface area contributed by atoms with Crippen LogP contribution in [-0.4, -0.2) is 12.5 Å². The van der Waals surface area contributed by atoms with Crippen molar-refractivity contribution >= 4 is 28.9 Å². The highest BCUT2D eigenvalue weighted by molar-refractivity contribution is 6.31. The number of nitrogens with zero attached hydrogens (tertiary/aromatic N) is 1. The van der Waals surface area contributed by atoms with Gasteiger partial charge in [-0.15, -0.1) is 0 Å². The van der Waals surface area contributed by atoms with E-state index >= 15 is 0 Å². The molecule has 0 saturated heterocycles. The van der Waals surface area contributed by atoms with Gasteiger partial charge in [-0.1, -0.05) is 17.7 Å². The van der Waals surface area contributed by atoms with Crippen LogP contribution in [0.15, 0.2) is 36.4 Å². The average molecular weight is 291 g/mol. The summed E-state index contributed by atoms with van der Waals surface area (Å²) < 4.78 is 13.9.